The first-order valence-corrected chi connectivity index (χ1v) is 9.23. The Morgan fingerprint density at radius 3 is 1.46 bits per heavy atom. The van der Waals surface area contributed by atoms with Gasteiger partial charge >= 0.3 is 0 Å². The van der Waals surface area contributed by atoms with Crippen LogP contribution in [0.2, 0.25) is 0 Å². The van der Waals surface area contributed by atoms with Crippen molar-refractivity contribution in [2.24, 2.45) is 0 Å². The molecule has 0 aliphatic heterocycles. The molecule has 26 heavy (non-hydrogen) atoms. The molecule has 1 amide bonds. The van der Waals surface area contributed by atoms with E-state index < -0.39 is 0 Å². The summed E-state index contributed by atoms with van der Waals surface area (Å²) in [6, 6.07) is 26.5. The summed E-state index contributed by atoms with van der Waals surface area (Å²) >= 11 is 0. The molecular formula is C24H27NO. The molecule has 0 heterocycles. The predicted octanol–water partition coefficient (Wildman–Crippen LogP) is 6.19. The molecule has 0 aliphatic carbocycles. The maximum atomic E-state index is 11.8. The monoisotopic (exact) mass is 345 g/mol. The molecule has 2 heteroatoms. The van der Waals surface area contributed by atoms with E-state index in [0.29, 0.717) is 12.1 Å². The zero-order chi connectivity index (χ0) is 18.8. The summed E-state index contributed by atoms with van der Waals surface area (Å²) in [5.41, 5.74) is 5.36. The second-order valence-electron chi connectivity index (χ2n) is 6.09. The van der Waals surface area contributed by atoms with Crippen LogP contribution in [0.3, 0.4) is 0 Å². The van der Waals surface area contributed by atoms with Crippen molar-refractivity contribution >= 4 is 5.91 Å². The third kappa shape index (κ3) is 5.32. The first kappa shape index (κ1) is 19.5. The first-order chi connectivity index (χ1) is 12.7. The average molecular weight is 345 g/mol. The summed E-state index contributed by atoms with van der Waals surface area (Å²) in [5.74, 6) is -0.0292. The van der Waals surface area contributed by atoms with Crippen molar-refractivity contribution in [1.82, 2.24) is 5.32 Å². The van der Waals surface area contributed by atoms with Crippen molar-refractivity contribution in [3.63, 3.8) is 0 Å². The Labute approximate surface area is 156 Å². The van der Waals surface area contributed by atoms with Crippen LogP contribution in [0.4, 0.5) is 0 Å². The van der Waals surface area contributed by atoms with Gasteiger partial charge < -0.3 is 5.32 Å². The molecule has 0 unspecified atom stereocenters. The van der Waals surface area contributed by atoms with Gasteiger partial charge in [-0.25, -0.2) is 0 Å². The minimum absolute atomic E-state index is 0.0292. The van der Waals surface area contributed by atoms with E-state index >= 15 is 0 Å². The lowest BCUT2D eigenvalue weighted by Gasteiger charge is -2.06. The standard InChI is InChI=1S/C21H19NO.C3H8/c1-2-22-21(23)20-14-12-19(13-15-20)18-10-8-17(9-11-18)16-6-4-3-5-7-16;1-3-2/h3-15H,2H2,1H3,(H,22,23);3H2,1-2H3. The van der Waals surface area contributed by atoms with Crippen LogP contribution >= 0.6 is 0 Å². The van der Waals surface area contributed by atoms with Gasteiger partial charge in [0, 0.05) is 12.1 Å². The van der Waals surface area contributed by atoms with Crippen molar-refractivity contribution in [3.8, 4) is 22.3 Å². The number of benzene rings is 3. The number of nitrogens with one attached hydrogen (secondary N) is 1. The molecule has 0 saturated carbocycles. The number of hydrogen-bond acceptors (Lipinski definition) is 1. The van der Waals surface area contributed by atoms with Gasteiger partial charge in [-0.05, 0) is 41.3 Å². The maximum Gasteiger partial charge on any atom is 0.251 e. The second kappa shape index (κ2) is 10.2. The van der Waals surface area contributed by atoms with Crippen LogP contribution in [0.5, 0.6) is 0 Å². The SMILES string of the molecule is CCC.CCNC(=O)c1ccc(-c2ccc(-c3ccccc3)cc2)cc1. The minimum atomic E-state index is -0.0292. The molecule has 0 aliphatic rings. The van der Waals surface area contributed by atoms with E-state index in [4.69, 9.17) is 0 Å². The second-order valence-corrected chi connectivity index (χ2v) is 6.09. The Hall–Kier alpha value is -2.87. The van der Waals surface area contributed by atoms with E-state index in [1.165, 1.54) is 17.5 Å². The molecule has 0 spiro atoms. The topological polar surface area (TPSA) is 29.1 Å². The zero-order valence-corrected chi connectivity index (χ0v) is 15.8. The van der Waals surface area contributed by atoms with E-state index in [0.717, 1.165) is 11.1 Å². The lowest BCUT2D eigenvalue weighted by atomic mass is 9.99. The Morgan fingerprint density at radius 2 is 1.04 bits per heavy atom. The summed E-state index contributed by atoms with van der Waals surface area (Å²) < 4.78 is 0. The Kier molecular flexibility index (Phi) is 7.63. The minimum Gasteiger partial charge on any atom is -0.352 e. The van der Waals surface area contributed by atoms with E-state index in [-0.39, 0.29) is 5.91 Å². The Balaban J connectivity index is 0.000000758. The highest BCUT2D eigenvalue weighted by Gasteiger charge is 2.05. The molecule has 134 valence electrons. The third-order valence-corrected chi connectivity index (χ3v) is 3.81. The molecule has 3 aromatic rings. The van der Waals surface area contributed by atoms with Crippen LogP contribution < -0.4 is 5.32 Å². The van der Waals surface area contributed by atoms with Gasteiger partial charge in [-0.15, -0.1) is 0 Å². The molecule has 0 bridgehead atoms. The Morgan fingerprint density at radius 1 is 0.654 bits per heavy atom. The highest BCUT2D eigenvalue weighted by molar-refractivity contribution is 5.94. The fourth-order valence-electron chi connectivity index (χ4n) is 2.56. The molecule has 0 aromatic heterocycles. The van der Waals surface area contributed by atoms with Crippen LogP contribution in [0.25, 0.3) is 22.3 Å². The molecule has 2 nitrogen and oxygen atoms in total. The normalized spacial score (nSPS) is 9.81. The highest BCUT2D eigenvalue weighted by atomic mass is 16.1. The van der Waals surface area contributed by atoms with E-state index in [9.17, 15) is 4.79 Å². The number of carbonyl (C=O) groups excluding carboxylic acids is 1. The summed E-state index contributed by atoms with van der Waals surface area (Å²) in [6.07, 6.45) is 1.25. The van der Waals surface area contributed by atoms with Crippen LogP contribution in [-0.4, -0.2) is 12.5 Å². The average Bonchev–Trinajstić information content (AvgIpc) is 2.70. The zero-order valence-electron chi connectivity index (χ0n) is 15.8. The predicted molar refractivity (Wildman–Crippen MR) is 111 cm³/mol. The number of carbonyl (C=O) groups is 1. The number of rotatable bonds is 4. The van der Waals surface area contributed by atoms with Gasteiger partial charge in [0.1, 0.15) is 0 Å². The fraction of sp³-hybridized carbons (Fsp3) is 0.208. The molecule has 3 rings (SSSR count). The van der Waals surface area contributed by atoms with Gasteiger partial charge in [0.15, 0.2) is 0 Å². The van der Waals surface area contributed by atoms with Gasteiger partial charge in [0.25, 0.3) is 5.91 Å². The van der Waals surface area contributed by atoms with E-state index in [1.807, 2.05) is 49.4 Å². The first-order valence-electron chi connectivity index (χ1n) is 9.23. The van der Waals surface area contributed by atoms with Crippen molar-refractivity contribution in [1.29, 1.82) is 0 Å². The number of amides is 1. The maximum absolute atomic E-state index is 11.8. The van der Waals surface area contributed by atoms with Crippen molar-refractivity contribution in [3.05, 3.63) is 84.4 Å². The van der Waals surface area contributed by atoms with Crippen LogP contribution in [0, 0.1) is 0 Å². The summed E-state index contributed by atoms with van der Waals surface area (Å²) in [4.78, 5) is 11.8. The molecule has 0 saturated heterocycles. The van der Waals surface area contributed by atoms with Gasteiger partial charge in [-0.3, -0.25) is 4.79 Å². The van der Waals surface area contributed by atoms with Crippen molar-refractivity contribution in [2.75, 3.05) is 6.54 Å². The third-order valence-electron chi connectivity index (χ3n) is 3.81. The summed E-state index contributed by atoms with van der Waals surface area (Å²) in [6.45, 7) is 6.81. The summed E-state index contributed by atoms with van der Waals surface area (Å²) in [7, 11) is 0. The van der Waals surface area contributed by atoms with Gasteiger partial charge in [0.2, 0.25) is 0 Å². The smallest absolute Gasteiger partial charge is 0.251 e. The van der Waals surface area contributed by atoms with Crippen molar-refractivity contribution < 1.29 is 4.79 Å². The molecule has 3 aromatic carbocycles. The number of hydrogen-bond donors (Lipinski definition) is 1. The molecule has 0 radical (unpaired) electrons. The van der Waals surface area contributed by atoms with Gasteiger partial charge in [-0.2, -0.15) is 0 Å². The van der Waals surface area contributed by atoms with E-state index in [1.54, 1.807) is 0 Å². The molecule has 0 fully saturated rings. The highest BCUT2D eigenvalue weighted by Crippen LogP contribution is 2.25. The Bertz CT molecular complexity index is 790. The molecular weight excluding hydrogens is 318 g/mol. The van der Waals surface area contributed by atoms with E-state index in [2.05, 4.69) is 55.6 Å². The molecule has 0 atom stereocenters. The van der Waals surface area contributed by atoms with Crippen LogP contribution in [-0.2, 0) is 0 Å². The summed E-state index contributed by atoms with van der Waals surface area (Å²) in [5, 5.41) is 2.81. The van der Waals surface area contributed by atoms with Gasteiger partial charge in [0.05, 0.1) is 0 Å². The van der Waals surface area contributed by atoms with Crippen molar-refractivity contribution in [2.45, 2.75) is 27.2 Å². The molecule has 1 N–H and O–H groups in total. The van der Waals surface area contributed by atoms with Crippen LogP contribution in [0.15, 0.2) is 78.9 Å². The lowest BCUT2D eigenvalue weighted by molar-refractivity contribution is 0.0956. The lowest BCUT2D eigenvalue weighted by Crippen LogP contribution is -2.22. The quantitative estimate of drug-likeness (QED) is 0.600. The largest absolute Gasteiger partial charge is 0.352 e. The fourth-order valence-corrected chi connectivity index (χ4v) is 2.56. The van der Waals surface area contributed by atoms with Gasteiger partial charge in [-0.1, -0.05) is 87.0 Å². The van der Waals surface area contributed by atoms with Crippen LogP contribution in [0.1, 0.15) is 37.6 Å².